The number of aryl methyl sites for hydroxylation is 2. The zero-order chi connectivity index (χ0) is 28.2. The van der Waals surface area contributed by atoms with Gasteiger partial charge in [-0.15, -0.1) is 0 Å². The van der Waals surface area contributed by atoms with Gasteiger partial charge in [0, 0.05) is 20.1 Å². The highest BCUT2D eigenvalue weighted by atomic mass is 35.5. The topological polar surface area (TPSA) is 108 Å². The van der Waals surface area contributed by atoms with E-state index in [1.165, 1.54) is 26.4 Å². The fraction of sp³-hybridized carbons (Fsp3) is 0.385. The Hall–Kier alpha value is -3.06. The van der Waals surface area contributed by atoms with Crippen LogP contribution in [0.1, 0.15) is 24.0 Å². The van der Waals surface area contributed by atoms with Crippen LogP contribution < -0.4 is 20.7 Å². The second-order valence-corrected chi connectivity index (χ2v) is 11.8. The monoisotopic (exact) mass is 580 g/mol. The molecule has 39 heavy (non-hydrogen) atoms. The number of nitrogens with zero attached hydrogens (tertiary/aromatic N) is 3. The van der Waals surface area contributed by atoms with Crippen LogP contribution >= 0.6 is 11.6 Å². The van der Waals surface area contributed by atoms with Crippen LogP contribution in [0.5, 0.6) is 5.75 Å². The minimum atomic E-state index is -3.72. The standard InChI is InChI=1S/C26H31ClF2N6O3S/c1-35(2)39(36,37)23-7-5-4-6-20(23)32-25-19(27)14-31-26(34-25)33-21-12-16-8-10-18(30-15-24(28)29)11-9-17(16)13-22(21)38-3/h4-7,12-14,18,24,30H,8-11,15H2,1-3H3,(H2,31,32,33,34). The van der Waals surface area contributed by atoms with E-state index in [9.17, 15) is 17.2 Å². The predicted molar refractivity (Wildman–Crippen MR) is 148 cm³/mol. The number of halogens is 3. The second-order valence-electron chi connectivity index (χ2n) is 9.32. The maximum absolute atomic E-state index is 12.8. The van der Waals surface area contributed by atoms with Crippen LogP contribution in [0.25, 0.3) is 0 Å². The second kappa shape index (κ2) is 12.4. The summed E-state index contributed by atoms with van der Waals surface area (Å²) in [6, 6.07) is 10.4. The number of rotatable bonds is 10. The van der Waals surface area contributed by atoms with Gasteiger partial charge in [-0.25, -0.2) is 26.5 Å². The summed E-state index contributed by atoms with van der Waals surface area (Å²) in [5.74, 6) is 1.03. The Balaban J connectivity index is 1.58. The highest BCUT2D eigenvalue weighted by Gasteiger charge is 2.23. The summed E-state index contributed by atoms with van der Waals surface area (Å²) < 4.78 is 57.6. The molecule has 13 heteroatoms. The molecule has 0 radical (unpaired) electrons. The first-order chi connectivity index (χ1) is 18.6. The molecular formula is C26H31ClF2N6O3S. The third kappa shape index (κ3) is 6.93. The number of ether oxygens (including phenoxy) is 1. The third-order valence-electron chi connectivity index (χ3n) is 6.50. The maximum atomic E-state index is 12.8. The van der Waals surface area contributed by atoms with Crippen LogP contribution in [0.3, 0.4) is 0 Å². The molecule has 1 aliphatic carbocycles. The Kier molecular flexibility index (Phi) is 9.21. The number of para-hydroxylation sites is 1. The van der Waals surface area contributed by atoms with Crippen molar-refractivity contribution in [2.45, 2.75) is 43.0 Å². The van der Waals surface area contributed by atoms with Crippen molar-refractivity contribution < 1.29 is 21.9 Å². The van der Waals surface area contributed by atoms with Crippen LogP contribution in [0.15, 0.2) is 47.5 Å². The molecule has 4 rings (SSSR count). The number of sulfonamides is 1. The lowest BCUT2D eigenvalue weighted by Crippen LogP contribution is -2.33. The summed E-state index contributed by atoms with van der Waals surface area (Å²) in [5.41, 5.74) is 3.15. The summed E-state index contributed by atoms with van der Waals surface area (Å²) in [6.45, 7) is -0.313. The minimum absolute atomic E-state index is 0.0150. The molecule has 0 fully saturated rings. The van der Waals surface area contributed by atoms with Gasteiger partial charge in [-0.1, -0.05) is 23.7 Å². The molecule has 0 amide bonds. The number of hydrogen-bond donors (Lipinski definition) is 3. The number of methoxy groups -OCH3 is 1. The van der Waals surface area contributed by atoms with Crippen molar-refractivity contribution in [2.75, 3.05) is 38.4 Å². The van der Waals surface area contributed by atoms with Gasteiger partial charge in [0.2, 0.25) is 16.0 Å². The van der Waals surface area contributed by atoms with Gasteiger partial charge in [0.05, 0.1) is 31.2 Å². The molecule has 0 bridgehead atoms. The van der Waals surface area contributed by atoms with Crippen molar-refractivity contribution in [2.24, 2.45) is 0 Å². The Labute approximate surface area is 232 Å². The van der Waals surface area contributed by atoms with Crippen LogP contribution in [-0.4, -0.2) is 62.9 Å². The quantitative estimate of drug-likeness (QED) is 0.288. The molecule has 9 nitrogen and oxygen atoms in total. The van der Waals surface area contributed by atoms with Crippen molar-refractivity contribution in [1.29, 1.82) is 0 Å². The lowest BCUT2D eigenvalue weighted by Gasteiger charge is -2.17. The number of nitrogens with one attached hydrogen (secondary N) is 3. The van der Waals surface area contributed by atoms with E-state index in [2.05, 4.69) is 25.9 Å². The van der Waals surface area contributed by atoms with Crippen molar-refractivity contribution >= 4 is 44.8 Å². The molecule has 0 spiro atoms. The smallest absolute Gasteiger partial charge is 0.250 e. The van der Waals surface area contributed by atoms with E-state index in [0.29, 0.717) is 17.1 Å². The van der Waals surface area contributed by atoms with Gasteiger partial charge >= 0.3 is 0 Å². The molecule has 1 heterocycles. The van der Waals surface area contributed by atoms with E-state index in [-0.39, 0.29) is 34.3 Å². The Bertz CT molecular complexity index is 1420. The molecule has 0 aliphatic heterocycles. The van der Waals surface area contributed by atoms with Crippen LogP contribution in [-0.2, 0) is 22.9 Å². The van der Waals surface area contributed by atoms with Gasteiger partial charge in [0.1, 0.15) is 15.7 Å². The minimum Gasteiger partial charge on any atom is -0.495 e. The van der Waals surface area contributed by atoms with E-state index in [4.69, 9.17) is 16.3 Å². The number of hydrogen-bond acceptors (Lipinski definition) is 8. The first-order valence-corrected chi connectivity index (χ1v) is 14.2. The van der Waals surface area contributed by atoms with E-state index in [1.807, 2.05) is 12.1 Å². The van der Waals surface area contributed by atoms with Gasteiger partial charge in [0.15, 0.2) is 5.82 Å². The van der Waals surface area contributed by atoms with Gasteiger partial charge < -0.3 is 20.7 Å². The average Bonchev–Trinajstić information content (AvgIpc) is 3.10. The predicted octanol–water partition coefficient (Wildman–Crippen LogP) is 4.98. The molecule has 1 atom stereocenters. The zero-order valence-corrected chi connectivity index (χ0v) is 23.4. The van der Waals surface area contributed by atoms with Crippen molar-refractivity contribution in [3.8, 4) is 5.75 Å². The fourth-order valence-electron chi connectivity index (χ4n) is 4.42. The van der Waals surface area contributed by atoms with Gasteiger partial charge in [-0.05, 0) is 61.1 Å². The molecule has 3 aromatic rings. The number of benzene rings is 2. The largest absolute Gasteiger partial charge is 0.495 e. The van der Waals surface area contributed by atoms with Crippen LogP contribution in [0.2, 0.25) is 5.02 Å². The van der Waals surface area contributed by atoms with E-state index < -0.39 is 16.4 Å². The van der Waals surface area contributed by atoms with Crippen LogP contribution in [0.4, 0.5) is 31.9 Å². The van der Waals surface area contributed by atoms with Gasteiger partial charge in [-0.2, -0.15) is 4.98 Å². The molecule has 1 unspecified atom stereocenters. The molecule has 1 aromatic heterocycles. The van der Waals surface area contributed by atoms with E-state index >= 15 is 0 Å². The average molecular weight is 581 g/mol. The van der Waals surface area contributed by atoms with Crippen molar-refractivity contribution in [3.05, 3.63) is 58.7 Å². The summed E-state index contributed by atoms with van der Waals surface area (Å²) in [4.78, 5) is 8.83. The molecular weight excluding hydrogens is 550 g/mol. The summed E-state index contributed by atoms with van der Waals surface area (Å²) >= 11 is 6.36. The molecule has 0 saturated carbocycles. The maximum Gasteiger partial charge on any atom is 0.250 e. The molecule has 0 saturated heterocycles. The van der Waals surface area contributed by atoms with Gasteiger partial charge in [-0.3, -0.25) is 0 Å². The number of anilines is 4. The summed E-state index contributed by atoms with van der Waals surface area (Å²) in [5, 5.41) is 9.35. The highest BCUT2D eigenvalue weighted by Crippen LogP contribution is 2.35. The Morgan fingerprint density at radius 1 is 1.10 bits per heavy atom. The van der Waals surface area contributed by atoms with E-state index in [0.717, 1.165) is 41.1 Å². The molecule has 2 aromatic carbocycles. The molecule has 210 valence electrons. The Morgan fingerprint density at radius 3 is 2.46 bits per heavy atom. The first kappa shape index (κ1) is 28.9. The number of aromatic nitrogens is 2. The van der Waals surface area contributed by atoms with Gasteiger partial charge in [0.25, 0.3) is 6.43 Å². The van der Waals surface area contributed by atoms with E-state index in [1.54, 1.807) is 25.3 Å². The summed E-state index contributed by atoms with van der Waals surface area (Å²) in [6.07, 6.45) is 2.00. The van der Waals surface area contributed by atoms with Crippen LogP contribution in [0, 0.1) is 0 Å². The van der Waals surface area contributed by atoms with Crippen molar-refractivity contribution in [3.63, 3.8) is 0 Å². The molecule has 1 aliphatic rings. The highest BCUT2D eigenvalue weighted by molar-refractivity contribution is 7.89. The Morgan fingerprint density at radius 2 is 1.79 bits per heavy atom. The SMILES string of the molecule is COc1cc2c(cc1Nc1ncc(Cl)c(Nc3ccccc3S(=O)(=O)N(C)C)n1)CCC(NCC(F)F)CC2. The summed E-state index contributed by atoms with van der Waals surface area (Å²) in [7, 11) is 0.759. The normalized spacial score (nSPS) is 15.6. The lowest BCUT2D eigenvalue weighted by atomic mass is 10.0. The first-order valence-electron chi connectivity index (χ1n) is 12.4. The third-order valence-corrected chi connectivity index (χ3v) is 8.65. The number of fused-ring (bicyclic) bond motifs is 1. The zero-order valence-electron chi connectivity index (χ0n) is 21.8. The fourth-order valence-corrected chi connectivity index (χ4v) is 5.60. The van der Waals surface area contributed by atoms with Crippen molar-refractivity contribution in [1.82, 2.24) is 19.6 Å². The molecule has 3 N–H and O–H groups in total. The lowest BCUT2D eigenvalue weighted by molar-refractivity contribution is 0.140. The number of alkyl halides is 2.